The van der Waals surface area contributed by atoms with Gasteiger partial charge >= 0.3 is 0 Å². The molecule has 2 rings (SSSR count). The number of benzene rings is 1. The summed E-state index contributed by atoms with van der Waals surface area (Å²) in [5.74, 6) is 0.929. The van der Waals surface area contributed by atoms with Crippen LogP contribution in [0, 0.1) is 0 Å². The van der Waals surface area contributed by atoms with E-state index >= 15 is 0 Å². The predicted molar refractivity (Wildman–Crippen MR) is 77.3 cm³/mol. The van der Waals surface area contributed by atoms with Crippen LogP contribution in [0.25, 0.3) is 0 Å². The van der Waals surface area contributed by atoms with Gasteiger partial charge in [0.05, 0.1) is 6.61 Å². The van der Waals surface area contributed by atoms with Crippen LogP contribution in [-0.2, 0) is 6.42 Å². The zero-order chi connectivity index (χ0) is 13.3. The van der Waals surface area contributed by atoms with E-state index in [1.807, 2.05) is 49.6 Å². The summed E-state index contributed by atoms with van der Waals surface area (Å²) in [5, 5.41) is 3.33. The molecule has 1 N–H and O–H groups in total. The fraction of sp³-hybridized carbons (Fsp3) is 0.312. The van der Waals surface area contributed by atoms with Crippen molar-refractivity contribution in [1.82, 2.24) is 10.3 Å². The monoisotopic (exact) mass is 256 g/mol. The van der Waals surface area contributed by atoms with Gasteiger partial charge in [-0.25, -0.2) is 0 Å². The maximum absolute atomic E-state index is 5.72. The Morgan fingerprint density at radius 1 is 1.16 bits per heavy atom. The van der Waals surface area contributed by atoms with E-state index in [1.54, 1.807) is 6.20 Å². The van der Waals surface area contributed by atoms with E-state index in [0.29, 0.717) is 6.04 Å². The summed E-state index contributed by atoms with van der Waals surface area (Å²) < 4.78 is 5.72. The number of aromatic nitrogens is 1. The van der Waals surface area contributed by atoms with E-state index in [1.165, 1.54) is 5.56 Å². The third-order valence-electron chi connectivity index (χ3n) is 3.09. The predicted octanol–water partition coefficient (Wildman–Crippen LogP) is 2.68. The quantitative estimate of drug-likeness (QED) is 0.827. The lowest BCUT2D eigenvalue weighted by atomic mass is 10.1. The molecular formula is C16H20N2O. The molecule has 0 aliphatic rings. The second kappa shape index (κ2) is 7.54. The molecule has 19 heavy (non-hydrogen) atoms. The Labute approximate surface area is 114 Å². The molecule has 0 radical (unpaired) electrons. The molecule has 2 aromatic rings. The van der Waals surface area contributed by atoms with Crippen molar-refractivity contribution in [2.75, 3.05) is 13.7 Å². The molecule has 0 spiro atoms. The average molecular weight is 256 g/mol. The van der Waals surface area contributed by atoms with E-state index in [0.717, 1.165) is 25.2 Å². The van der Waals surface area contributed by atoms with E-state index in [-0.39, 0.29) is 0 Å². The fourth-order valence-corrected chi connectivity index (χ4v) is 1.99. The van der Waals surface area contributed by atoms with Crippen LogP contribution in [0.5, 0.6) is 5.75 Å². The van der Waals surface area contributed by atoms with Crippen LogP contribution in [0.4, 0.5) is 0 Å². The summed E-state index contributed by atoms with van der Waals surface area (Å²) in [4.78, 5) is 4.14. The SMILES string of the molecule is CNC(CCOc1ccccc1)Cc1cccnc1. The summed E-state index contributed by atoms with van der Waals surface area (Å²) in [7, 11) is 1.99. The molecule has 0 bridgehead atoms. The maximum Gasteiger partial charge on any atom is 0.119 e. The zero-order valence-electron chi connectivity index (χ0n) is 11.3. The number of nitrogens with one attached hydrogen (secondary N) is 1. The Morgan fingerprint density at radius 3 is 2.68 bits per heavy atom. The Bertz CT molecular complexity index is 459. The van der Waals surface area contributed by atoms with Gasteiger partial charge in [-0.1, -0.05) is 24.3 Å². The summed E-state index contributed by atoms with van der Waals surface area (Å²) in [6.45, 7) is 0.718. The van der Waals surface area contributed by atoms with Crippen molar-refractivity contribution in [3.8, 4) is 5.75 Å². The van der Waals surface area contributed by atoms with Gasteiger partial charge in [-0.3, -0.25) is 4.98 Å². The van der Waals surface area contributed by atoms with Crippen LogP contribution >= 0.6 is 0 Å². The van der Waals surface area contributed by atoms with E-state index in [9.17, 15) is 0 Å². The molecule has 1 aromatic heterocycles. The van der Waals surface area contributed by atoms with Gasteiger partial charge in [-0.2, -0.15) is 0 Å². The molecule has 3 heteroatoms. The van der Waals surface area contributed by atoms with Gasteiger partial charge in [-0.05, 0) is 43.7 Å². The van der Waals surface area contributed by atoms with Gasteiger partial charge in [0, 0.05) is 18.4 Å². The number of hydrogen-bond acceptors (Lipinski definition) is 3. The fourth-order valence-electron chi connectivity index (χ4n) is 1.99. The minimum atomic E-state index is 0.410. The lowest BCUT2D eigenvalue weighted by Crippen LogP contribution is -2.29. The summed E-state index contributed by atoms with van der Waals surface area (Å²) in [6.07, 6.45) is 5.67. The molecule has 1 unspecified atom stereocenters. The first-order chi connectivity index (χ1) is 9.38. The number of hydrogen-bond donors (Lipinski definition) is 1. The van der Waals surface area contributed by atoms with Gasteiger partial charge in [0.25, 0.3) is 0 Å². The molecule has 1 heterocycles. The summed E-state index contributed by atoms with van der Waals surface area (Å²) in [5.41, 5.74) is 1.25. The van der Waals surface area contributed by atoms with Crippen molar-refractivity contribution < 1.29 is 4.74 Å². The first-order valence-corrected chi connectivity index (χ1v) is 6.62. The Hall–Kier alpha value is -1.87. The van der Waals surface area contributed by atoms with Crippen LogP contribution in [0.15, 0.2) is 54.9 Å². The average Bonchev–Trinajstić information content (AvgIpc) is 2.48. The third-order valence-corrected chi connectivity index (χ3v) is 3.09. The van der Waals surface area contributed by atoms with E-state index < -0.39 is 0 Å². The Morgan fingerprint density at radius 2 is 2.00 bits per heavy atom. The summed E-state index contributed by atoms with van der Waals surface area (Å²) >= 11 is 0. The normalized spacial score (nSPS) is 12.1. The molecule has 1 aromatic carbocycles. The van der Waals surface area contributed by atoms with Gasteiger partial charge in [0.15, 0.2) is 0 Å². The summed E-state index contributed by atoms with van der Waals surface area (Å²) in [6, 6.07) is 14.4. The number of ether oxygens (including phenoxy) is 1. The van der Waals surface area contributed by atoms with Gasteiger partial charge in [0.2, 0.25) is 0 Å². The molecular weight excluding hydrogens is 236 g/mol. The zero-order valence-corrected chi connectivity index (χ0v) is 11.3. The molecule has 100 valence electrons. The smallest absolute Gasteiger partial charge is 0.119 e. The lowest BCUT2D eigenvalue weighted by molar-refractivity contribution is 0.288. The third kappa shape index (κ3) is 4.72. The van der Waals surface area contributed by atoms with Crippen LogP contribution in [0.1, 0.15) is 12.0 Å². The van der Waals surface area contributed by atoms with E-state index in [4.69, 9.17) is 4.74 Å². The largest absolute Gasteiger partial charge is 0.494 e. The van der Waals surface area contributed by atoms with Gasteiger partial charge in [0.1, 0.15) is 5.75 Å². The number of para-hydroxylation sites is 1. The van der Waals surface area contributed by atoms with Crippen molar-refractivity contribution in [1.29, 1.82) is 0 Å². The Kier molecular flexibility index (Phi) is 5.38. The number of likely N-dealkylation sites (N-methyl/N-ethyl adjacent to an activating group) is 1. The standard InChI is InChI=1S/C16H20N2O/c1-17-15(12-14-6-5-10-18-13-14)9-11-19-16-7-3-2-4-8-16/h2-8,10,13,15,17H,9,11-12H2,1H3. The molecule has 0 saturated heterocycles. The van der Waals surface area contributed by atoms with Crippen LogP contribution in [-0.4, -0.2) is 24.7 Å². The van der Waals surface area contributed by atoms with Crippen molar-refractivity contribution in [3.05, 3.63) is 60.4 Å². The van der Waals surface area contributed by atoms with Gasteiger partial charge < -0.3 is 10.1 Å². The lowest BCUT2D eigenvalue weighted by Gasteiger charge is -2.16. The minimum Gasteiger partial charge on any atom is -0.494 e. The molecule has 0 aliphatic heterocycles. The number of rotatable bonds is 7. The van der Waals surface area contributed by atoms with Crippen LogP contribution < -0.4 is 10.1 Å². The molecule has 0 saturated carbocycles. The molecule has 0 amide bonds. The second-order valence-electron chi connectivity index (χ2n) is 4.50. The first-order valence-electron chi connectivity index (χ1n) is 6.62. The molecule has 0 fully saturated rings. The van der Waals surface area contributed by atoms with Crippen molar-refractivity contribution >= 4 is 0 Å². The van der Waals surface area contributed by atoms with Gasteiger partial charge in [-0.15, -0.1) is 0 Å². The van der Waals surface area contributed by atoms with Crippen molar-refractivity contribution in [3.63, 3.8) is 0 Å². The Balaban J connectivity index is 1.77. The molecule has 0 aliphatic carbocycles. The van der Waals surface area contributed by atoms with E-state index in [2.05, 4.69) is 16.4 Å². The first kappa shape index (κ1) is 13.6. The van der Waals surface area contributed by atoms with Crippen LogP contribution in [0.2, 0.25) is 0 Å². The number of nitrogens with zero attached hydrogens (tertiary/aromatic N) is 1. The van der Waals surface area contributed by atoms with Crippen molar-refractivity contribution in [2.24, 2.45) is 0 Å². The topological polar surface area (TPSA) is 34.1 Å². The van der Waals surface area contributed by atoms with Crippen molar-refractivity contribution in [2.45, 2.75) is 18.9 Å². The molecule has 1 atom stereocenters. The highest BCUT2D eigenvalue weighted by atomic mass is 16.5. The minimum absolute atomic E-state index is 0.410. The van der Waals surface area contributed by atoms with Crippen LogP contribution in [0.3, 0.4) is 0 Å². The highest BCUT2D eigenvalue weighted by Gasteiger charge is 2.07. The highest BCUT2D eigenvalue weighted by molar-refractivity contribution is 5.20. The number of pyridine rings is 1. The highest BCUT2D eigenvalue weighted by Crippen LogP contribution is 2.10. The maximum atomic E-state index is 5.72. The second-order valence-corrected chi connectivity index (χ2v) is 4.50. The molecule has 3 nitrogen and oxygen atoms in total.